The van der Waals surface area contributed by atoms with Crippen LogP contribution in [0, 0.1) is 0 Å². The average Bonchev–Trinajstić information content (AvgIpc) is 2.73. The van der Waals surface area contributed by atoms with Gasteiger partial charge in [-0.2, -0.15) is 4.31 Å². The molecular formula is C23H31N3O3S. The monoisotopic (exact) mass is 429 g/mol. The van der Waals surface area contributed by atoms with E-state index in [1.807, 2.05) is 36.4 Å². The van der Waals surface area contributed by atoms with Crippen LogP contribution >= 0.6 is 0 Å². The molecule has 1 saturated heterocycles. The number of sulfonamides is 1. The minimum atomic E-state index is -3.12. The first-order valence-corrected chi connectivity index (χ1v) is 12.4. The van der Waals surface area contributed by atoms with Crippen molar-refractivity contribution in [1.82, 2.24) is 9.21 Å². The number of carbonyl (C=O) groups excluding carboxylic acids is 1. The van der Waals surface area contributed by atoms with E-state index in [2.05, 4.69) is 29.3 Å². The Balaban J connectivity index is 1.56. The number of carbonyl (C=O) groups is 1. The predicted molar refractivity (Wildman–Crippen MR) is 121 cm³/mol. The molecule has 0 aromatic heterocycles. The maximum absolute atomic E-state index is 12.7. The molecule has 0 bridgehead atoms. The van der Waals surface area contributed by atoms with Crippen LogP contribution in [0.15, 0.2) is 48.5 Å². The first kappa shape index (κ1) is 22.5. The van der Waals surface area contributed by atoms with Crippen molar-refractivity contribution in [3.8, 4) is 0 Å². The fraction of sp³-hybridized carbons (Fsp3) is 0.435. The molecule has 0 radical (unpaired) electrons. The lowest BCUT2D eigenvalue weighted by Gasteiger charge is -2.33. The van der Waals surface area contributed by atoms with E-state index in [1.54, 1.807) is 0 Å². The van der Waals surface area contributed by atoms with Crippen LogP contribution in [0.3, 0.4) is 0 Å². The summed E-state index contributed by atoms with van der Waals surface area (Å²) < 4.78 is 24.8. The van der Waals surface area contributed by atoms with Crippen molar-refractivity contribution < 1.29 is 13.2 Å². The quantitative estimate of drug-likeness (QED) is 0.699. The largest absolute Gasteiger partial charge is 0.322 e. The molecular weight excluding hydrogens is 398 g/mol. The first-order chi connectivity index (χ1) is 14.3. The Morgan fingerprint density at radius 2 is 1.70 bits per heavy atom. The summed E-state index contributed by atoms with van der Waals surface area (Å²) >= 11 is 0. The zero-order valence-corrected chi connectivity index (χ0v) is 18.6. The Kier molecular flexibility index (Phi) is 7.64. The number of anilines is 1. The molecule has 2 aromatic carbocycles. The molecule has 1 amide bonds. The lowest BCUT2D eigenvalue weighted by Crippen LogP contribution is -2.47. The fourth-order valence-corrected chi connectivity index (χ4v) is 4.45. The average molecular weight is 430 g/mol. The van der Waals surface area contributed by atoms with Gasteiger partial charge in [-0.3, -0.25) is 9.69 Å². The van der Waals surface area contributed by atoms with E-state index in [0.717, 1.165) is 17.7 Å². The number of piperazine rings is 1. The molecule has 3 rings (SSSR count). The number of hydrogen-bond donors (Lipinski definition) is 1. The molecule has 1 aliphatic heterocycles. The summed E-state index contributed by atoms with van der Waals surface area (Å²) in [6.07, 6.45) is 4.65. The maximum atomic E-state index is 12.7. The summed E-state index contributed by atoms with van der Waals surface area (Å²) in [6, 6.07) is 15.7. The molecule has 0 spiro atoms. The Morgan fingerprint density at radius 3 is 2.33 bits per heavy atom. The summed E-state index contributed by atoms with van der Waals surface area (Å²) in [5.74, 6) is -0.125. The molecule has 1 N–H and O–H groups in total. The highest BCUT2D eigenvalue weighted by atomic mass is 32.2. The van der Waals surface area contributed by atoms with Gasteiger partial charge in [0, 0.05) is 44.0 Å². The molecule has 1 aliphatic rings. The zero-order valence-electron chi connectivity index (χ0n) is 17.8. The molecule has 1 heterocycles. The van der Waals surface area contributed by atoms with Gasteiger partial charge in [0.05, 0.1) is 6.26 Å². The molecule has 0 aliphatic carbocycles. The van der Waals surface area contributed by atoms with E-state index in [-0.39, 0.29) is 5.91 Å². The van der Waals surface area contributed by atoms with Crippen LogP contribution in [0.2, 0.25) is 0 Å². The van der Waals surface area contributed by atoms with Crippen LogP contribution in [0.1, 0.15) is 41.3 Å². The molecule has 6 nitrogen and oxygen atoms in total. The van der Waals surface area contributed by atoms with Crippen molar-refractivity contribution in [2.45, 2.75) is 32.7 Å². The van der Waals surface area contributed by atoms with Crippen molar-refractivity contribution in [3.05, 3.63) is 65.2 Å². The normalized spacial score (nSPS) is 15.8. The maximum Gasteiger partial charge on any atom is 0.255 e. The van der Waals surface area contributed by atoms with Gasteiger partial charge in [0.15, 0.2) is 0 Å². The van der Waals surface area contributed by atoms with Crippen molar-refractivity contribution in [2.24, 2.45) is 0 Å². The lowest BCUT2D eigenvalue weighted by molar-refractivity contribution is 0.102. The van der Waals surface area contributed by atoms with Gasteiger partial charge in [-0.25, -0.2) is 8.42 Å². The Labute approximate surface area is 179 Å². The van der Waals surface area contributed by atoms with E-state index in [1.165, 1.54) is 29.0 Å². The number of benzene rings is 2. The van der Waals surface area contributed by atoms with Gasteiger partial charge in [-0.15, -0.1) is 0 Å². The van der Waals surface area contributed by atoms with Crippen LogP contribution in [0.25, 0.3) is 0 Å². The number of aryl methyl sites for hydroxylation is 1. The molecule has 0 atom stereocenters. The molecule has 30 heavy (non-hydrogen) atoms. The van der Waals surface area contributed by atoms with Gasteiger partial charge >= 0.3 is 0 Å². The number of amides is 1. The topological polar surface area (TPSA) is 69.7 Å². The highest BCUT2D eigenvalue weighted by Gasteiger charge is 2.23. The Morgan fingerprint density at radius 1 is 1.00 bits per heavy atom. The van der Waals surface area contributed by atoms with Crippen LogP contribution in [0.5, 0.6) is 0 Å². The van der Waals surface area contributed by atoms with E-state index >= 15 is 0 Å². The molecule has 162 valence electrons. The second-order valence-corrected chi connectivity index (χ2v) is 9.88. The van der Waals surface area contributed by atoms with Gasteiger partial charge in [0.25, 0.3) is 5.91 Å². The smallest absolute Gasteiger partial charge is 0.255 e. The highest BCUT2D eigenvalue weighted by Crippen LogP contribution is 2.15. The van der Waals surface area contributed by atoms with Gasteiger partial charge in [0.2, 0.25) is 10.0 Å². The molecule has 7 heteroatoms. The summed E-state index contributed by atoms with van der Waals surface area (Å²) in [7, 11) is -3.12. The lowest BCUT2D eigenvalue weighted by atomic mass is 10.1. The fourth-order valence-electron chi connectivity index (χ4n) is 3.63. The van der Waals surface area contributed by atoms with Crippen LogP contribution in [0.4, 0.5) is 5.69 Å². The van der Waals surface area contributed by atoms with Crippen LogP contribution < -0.4 is 5.32 Å². The van der Waals surface area contributed by atoms with Crippen molar-refractivity contribution in [1.29, 1.82) is 0 Å². The third-order valence-corrected chi connectivity index (χ3v) is 6.73. The molecule has 0 unspecified atom stereocenters. The highest BCUT2D eigenvalue weighted by molar-refractivity contribution is 7.88. The summed E-state index contributed by atoms with van der Waals surface area (Å²) in [5, 5.41) is 2.97. The summed E-state index contributed by atoms with van der Waals surface area (Å²) in [6.45, 7) is 5.27. The second-order valence-electron chi connectivity index (χ2n) is 7.89. The first-order valence-electron chi connectivity index (χ1n) is 10.5. The standard InChI is InChI=1S/C23H31N3O3S/c1-3-4-6-19-9-11-22(12-10-19)24-23(27)21-8-5-7-20(17-21)18-25-13-15-26(16-14-25)30(2,28)29/h5,7-12,17H,3-4,6,13-16,18H2,1-2H3,(H,24,27). The molecule has 0 saturated carbocycles. The second kappa shape index (κ2) is 10.2. The van der Waals surface area contributed by atoms with Gasteiger partial charge < -0.3 is 5.32 Å². The third kappa shape index (κ3) is 6.39. The van der Waals surface area contributed by atoms with E-state index in [0.29, 0.717) is 38.3 Å². The van der Waals surface area contributed by atoms with Crippen molar-refractivity contribution in [3.63, 3.8) is 0 Å². The zero-order chi connectivity index (χ0) is 21.6. The predicted octanol–water partition coefficient (Wildman–Crippen LogP) is 3.36. The van der Waals surface area contributed by atoms with Gasteiger partial charge in [-0.1, -0.05) is 37.6 Å². The number of unbranched alkanes of at least 4 members (excludes halogenated alkanes) is 1. The molecule has 1 fully saturated rings. The SMILES string of the molecule is CCCCc1ccc(NC(=O)c2cccc(CN3CCN(S(C)(=O)=O)CC3)c2)cc1. The third-order valence-electron chi connectivity index (χ3n) is 5.43. The van der Waals surface area contributed by atoms with Gasteiger partial charge in [-0.05, 0) is 48.2 Å². The number of nitrogens with zero attached hydrogens (tertiary/aromatic N) is 2. The van der Waals surface area contributed by atoms with Crippen LogP contribution in [-0.2, 0) is 23.0 Å². The minimum absolute atomic E-state index is 0.125. The van der Waals surface area contributed by atoms with Gasteiger partial charge in [0.1, 0.15) is 0 Å². The van der Waals surface area contributed by atoms with Crippen molar-refractivity contribution >= 4 is 21.6 Å². The number of hydrogen-bond acceptors (Lipinski definition) is 4. The number of rotatable bonds is 8. The van der Waals surface area contributed by atoms with E-state index in [4.69, 9.17) is 0 Å². The minimum Gasteiger partial charge on any atom is -0.322 e. The van der Waals surface area contributed by atoms with E-state index in [9.17, 15) is 13.2 Å². The Hall–Kier alpha value is -2.22. The van der Waals surface area contributed by atoms with Crippen molar-refractivity contribution in [2.75, 3.05) is 37.8 Å². The summed E-state index contributed by atoms with van der Waals surface area (Å²) in [5.41, 5.74) is 3.75. The van der Waals surface area contributed by atoms with Crippen LogP contribution in [-0.4, -0.2) is 56.0 Å². The van der Waals surface area contributed by atoms with E-state index < -0.39 is 10.0 Å². The molecule has 2 aromatic rings. The summed E-state index contributed by atoms with van der Waals surface area (Å²) in [4.78, 5) is 14.9. The number of nitrogens with one attached hydrogen (secondary N) is 1. The Bertz CT molecular complexity index is 950.